The first kappa shape index (κ1) is 17.1. The second-order valence-corrected chi connectivity index (χ2v) is 6.59. The highest BCUT2D eigenvalue weighted by Crippen LogP contribution is 2.09. The number of carboxylic acids is 1. The predicted octanol–water partition coefficient (Wildman–Crippen LogP) is 0.826. The van der Waals surface area contributed by atoms with Crippen molar-refractivity contribution < 1.29 is 18.3 Å². The molecular formula is C14H18N4O4S. The lowest BCUT2D eigenvalue weighted by Crippen LogP contribution is -2.26. The largest absolute Gasteiger partial charge is 0.477 e. The van der Waals surface area contributed by atoms with E-state index in [-0.39, 0.29) is 23.7 Å². The number of nitrogens with zero attached hydrogens (tertiary/aromatic N) is 3. The first-order valence-corrected chi connectivity index (χ1v) is 8.54. The number of imidazole rings is 1. The summed E-state index contributed by atoms with van der Waals surface area (Å²) in [5.41, 5.74) is 0.436. The molecule has 0 fully saturated rings. The Morgan fingerprint density at radius 3 is 2.70 bits per heavy atom. The molecule has 2 aromatic rings. The Morgan fingerprint density at radius 2 is 2.09 bits per heavy atom. The van der Waals surface area contributed by atoms with E-state index in [1.807, 2.05) is 6.92 Å². The van der Waals surface area contributed by atoms with Crippen LogP contribution < -0.4 is 4.72 Å². The van der Waals surface area contributed by atoms with Gasteiger partial charge in [-0.15, -0.1) is 0 Å². The Bertz CT molecular complexity index is 814. The molecule has 0 bridgehead atoms. The van der Waals surface area contributed by atoms with Crippen molar-refractivity contribution in [3.05, 3.63) is 41.6 Å². The fraction of sp³-hybridized carbons (Fsp3) is 0.357. The summed E-state index contributed by atoms with van der Waals surface area (Å²) in [7, 11) is -3.69. The van der Waals surface area contributed by atoms with Crippen LogP contribution in [-0.4, -0.2) is 40.6 Å². The highest BCUT2D eigenvalue weighted by Gasteiger charge is 2.18. The van der Waals surface area contributed by atoms with E-state index in [2.05, 4.69) is 14.7 Å². The van der Waals surface area contributed by atoms with Gasteiger partial charge in [-0.25, -0.2) is 27.9 Å². The lowest BCUT2D eigenvalue weighted by Gasteiger charge is -2.04. The Morgan fingerprint density at radius 1 is 1.35 bits per heavy atom. The molecule has 2 rings (SSSR count). The first-order valence-electron chi connectivity index (χ1n) is 7.06. The van der Waals surface area contributed by atoms with Gasteiger partial charge in [0.05, 0.1) is 0 Å². The van der Waals surface area contributed by atoms with Crippen LogP contribution in [0.5, 0.6) is 0 Å². The van der Waals surface area contributed by atoms with Crippen LogP contribution in [0.15, 0.2) is 29.4 Å². The molecule has 0 atom stereocenters. The summed E-state index contributed by atoms with van der Waals surface area (Å²) in [4.78, 5) is 18.8. The van der Waals surface area contributed by atoms with Gasteiger partial charge in [0.1, 0.15) is 11.5 Å². The summed E-state index contributed by atoms with van der Waals surface area (Å²) in [5.74, 6) is -0.489. The van der Waals surface area contributed by atoms with Gasteiger partial charge >= 0.3 is 5.97 Å². The Kier molecular flexibility index (Phi) is 5.12. The topological polar surface area (TPSA) is 114 Å². The van der Waals surface area contributed by atoms with Gasteiger partial charge in [-0.1, -0.05) is 6.07 Å². The molecule has 0 amide bonds. The second-order valence-electron chi connectivity index (χ2n) is 4.88. The van der Waals surface area contributed by atoms with Crippen molar-refractivity contribution in [3.8, 4) is 0 Å². The van der Waals surface area contributed by atoms with Gasteiger partial charge in [0.2, 0.25) is 0 Å². The third-order valence-corrected chi connectivity index (χ3v) is 4.60. The quantitative estimate of drug-likeness (QED) is 0.773. The average Bonchev–Trinajstić information content (AvgIpc) is 2.89. The number of carbonyl (C=O) groups is 1. The van der Waals surface area contributed by atoms with Gasteiger partial charge < -0.3 is 9.67 Å². The van der Waals surface area contributed by atoms with Crippen LogP contribution in [0.1, 0.15) is 28.9 Å². The van der Waals surface area contributed by atoms with Crippen molar-refractivity contribution in [3.63, 3.8) is 0 Å². The van der Waals surface area contributed by atoms with Crippen LogP contribution in [0.25, 0.3) is 0 Å². The minimum Gasteiger partial charge on any atom is -0.477 e. The summed E-state index contributed by atoms with van der Waals surface area (Å²) >= 11 is 0. The normalized spacial score (nSPS) is 11.6. The van der Waals surface area contributed by atoms with E-state index in [4.69, 9.17) is 5.11 Å². The molecule has 8 nitrogen and oxygen atoms in total. The molecule has 0 radical (unpaired) electrons. The summed E-state index contributed by atoms with van der Waals surface area (Å²) < 4.78 is 28.5. The minimum atomic E-state index is -3.69. The maximum Gasteiger partial charge on any atom is 0.354 e. The number of aromatic carboxylic acids is 1. The van der Waals surface area contributed by atoms with Crippen LogP contribution in [0.4, 0.5) is 0 Å². The molecule has 2 aromatic heterocycles. The van der Waals surface area contributed by atoms with Gasteiger partial charge in [0.25, 0.3) is 10.0 Å². The van der Waals surface area contributed by atoms with E-state index >= 15 is 0 Å². The molecule has 0 aliphatic heterocycles. The number of carboxylic acid groups (broad SMARTS) is 1. The maximum atomic E-state index is 12.2. The number of hydrogen-bond acceptors (Lipinski definition) is 5. The zero-order valence-corrected chi connectivity index (χ0v) is 13.7. The predicted molar refractivity (Wildman–Crippen MR) is 82.7 cm³/mol. The number of aromatic nitrogens is 3. The standard InChI is InChI=1S/C14H18N4O4S/c1-3-18-9-13(16-10(18)2)23(21,22)15-8-7-11-5-4-6-12(17-11)14(19)20/h4-6,9,15H,3,7-8H2,1-2H3,(H,19,20). The molecule has 124 valence electrons. The average molecular weight is 338 g/mol. The van der Waals surface area contributed by atoms with Crippen LogP contribution in [-0.2, 0) is 23.0 Å². The van der Waals surface area contributed by atoms with E-state index in [1.165, 1.54) is 12.3 Å². The van der Waals surface area contributed by atoms with Crippen LogP contribution in [0, 0.1) is 6.92 Å². The molecule has 0 aliphatic rings. The number of nitrogens with one attached hydrogen (secondary N) is 1. The third kappa shape index (κ3) is 4.14. The molecule has 2 N–H and O–H groups in total. The lowest BCUT2D eigenvalue weighted by molar-refractivity contribution is 0.0690. The highest BCUT2D eigenvalue weighted by atomic mass is 32.2. The SMILES string of the molecule is CCn1cc(S(=O)(=O)NCCc2cccc(C(=O)O)n2)nc1C. The summed E-state index contributed by atoms with van der Waals surface area (Å²) in [6.07, 6.45) is 1.77. The fourth-order valence-corrected chi connectivity index (χ4v) is 3.09. The monoisotopic (exact) mass is 338 g/mol. The second kappa shape index (κ2) is 6.88. The van der Waals surface area contributed by atoms with Crippen molar-refractivity contribution in [1.29, 1.82) is 0 Å². The summed E-state index contributed by atoms with van der Waals surface area (Å²) in [5, 5.41) is 8.86. The van der Waals surface area contributed by atoms with Crippen LogP contribution in [0.3, 0.4) is 0 Å². The zero-order valence-electron chi connectivity index (χ0n) is 12.9. The van der Waals surface area contributed by atoms with E-state index in [0.29, 0.717) is 18.1 Å². The molecule has 23 heavy (non-hydrogen) atoms. The van der Waals surface area contributed by atoms with E-state index in [9.17, 15) is 13.2 Å². The van der Waals surface area contributed by atoms with Crippen molar-refractivity contribution in [2.24, 2.45) is 0 Å². The number of hydrogen-bond donors (Lipinski definition) is 2. The number of rotatable bonds is 7. The minimum absolute atomic E-state index is 0.0240. The third-order valence-electron chi connectivity index (χ3n) is 3.27. The Balaban J connectivity index is 2.02. The molecule has 2 heterocycles. The van der Waals surface area contributed by atoms with Crippen LogP contribution >= 0.6 is 0 Å². The molecule has 0 spiro atoms. The van der Waals surface area contributed by atoms with Gasteiger partial charge in [0, 0.05) is 31.4 Å². The Labute approximate surface area is 134 Å². The zero-order chi connectivity index (χ0) is 17.0. The van der Waals surface area contributed by atoms with Gasteiger partial charge in [-0.2, -0.15) is 0 Å². The molecule has 9 heteroatoms. The van der Waals surface area contributed by atoms with Crippen molar-refractivity contribution >= 4 is 16.0 Å². The molecule has 0 saturated heterocycles. The summed E-state index contributed by atoms with van der Waals surface area (Å²) in [6, 6.07) is 4.61. The smallest absolute Gasteiger partial charge is 0.354 e. The molecule has 0 unspecified atom stereocenters. The van der Waals surface area contributed by atoms with Crippen LogP contribution in [0.2, 0.25) is 0 Å². The number of aryl methyl sites for hydroxylation is 2. The number of pyridine rings is 1. The summed E-state index contributed by atoms with van der Waals surface area (Å²) in [6.45, 7) is 4.39. The molecule has 0 saturated carbocycles. The first-order chi connectivity index (χ1) is 10.8. The maximum absolute atomic E-state index is 12.2. The van der Waals surface area contributed by atoms with E-state index < -0.39 is 16.0 Å². The van der Waals surface area contributed by atoms with Gasteiger partial charge in [-0.05, 0) is 26.0 Å². The molecule has 0 aromatic carbocycles. The van der Waals surface area contributed by atoms with Crippen molar-refractivity contribution in [1.82, 2.24) is 19.3 Å². The fourth-order valence-electron chi connectivity index (χ4n) is 2.05. The van der Waals surface area contributed by atoms with Gasteiger partial charge in [-0.3, -0.25) is 0 Å². The Hall–Kier alpha value is -2.26. The van der Waals surface area contributed by atoms with Crippen molar-refractivity contribution in [2.75, 3.05) is 6.54 Å². The molecule has 0 aliphatic carbocycles. The highest BCUT2D eigenvalue weighted by molar-refractivity contribution is 7.89. The molecular weight excluding hydrogens is 320 g/mol. The van der Waals surface area contributed by atoms with E-state index in [0.717, 1.165) is 0 Å². The van der Waals surface area contributed by atoms with E-state index in [1.54, 1.807) is 23.6 Å². The number of sulfonamides is 1. The van der Waals surface area contributed by atoms with Crippen molar-refractivity contribution in [2.45, 2.75) is 31.8 Å². The lowest BCUT2D eigenvalue weighted by atomic mass is 10.2. The van der Waals surface area contributed by atoms with Gasteiger partial charge in [0.15, 0.2) is 5.03 Å².